The van der Waals surface area contributed by atoms with Gasteiger partial charge in [-0.15, -0.1) is 0 Å². The van der Waals surface area contributed by atoms with E-state index in [0.717, 1.165) is 32.5 Å². The van der Waals surface area contributed by atoms with Crippen molar-refractivity contribution in [2.75, 3.05) is 19.6 Å². The van der Waals surface area contributed by atoms with Gasteiger partial charge in [0.2, 0.25) is 11.8 Å². The SMILES string of the molecule is CC(=O)NC[C@H]1[C@H]2C[C@H](CN(Cc3ccc(C)cc3C)C2)[C@@H]2CCCC(=O)N21.O=CO. The number of aryl methyl sites for hydroxylation is 2. The first kappa shape index (κ1) is 23.3. The van der Waals surface area contributed by atoms with Crippen molar-refractivity contribution in [1.29, 1.82) is 0 Å². The van der Waals surface area contributed by atoms with Crippen molar-refractivity contribution in [2.24, 2.45) is 11.8 Å². The molecule has 0 aromatic heterocycles. The maximum atomic E-state index is 12.8. The lowest BCUT2D eigenvalue weighted by Gasteiger charge is -2.56. The Bertz CT molecular complexity index is 812. The lowest BCUT2D eigenvalue weighted by molar-refractivity contribution is -0.153. The first-order valence-electron chi connectivity index (χ1n) is 11.3. The maximum Gasteiger partial charge on any atom is 0.290 e. The van der Waals surface area contributed by atoms with Crippen LogP contribution in [0.25, 0.3) is 0 Å². The van der Waals surface area contributed by atoms with Gasteiger partial charge in [0.15, 0.2) is 0 Å². The fourth-order valence-electron chi connectivity index (χ4n) is 5.78. The highest BCUT2D eigenvalue weighted by Gasteiger charge is 2.49. The van der Waals surface area contributed by atoms with Crippen LogP contribution in [-0.4, -0.2) is 64.9 Å². The minimum Gasteiger partial charge on any atom is -0.483 e. The zero-order valence-electron chi connectivity index (χ0n) is 18.8. The van der Waals surface area contributed by atoms with Crippen LogP contribution in [-0.2, 0) is 20.9 Å². The number of hydrogen-bond donors (Lipinski definition) is 2. The molecule has 7 nitrogen and oxygen atoms in total. The number of nitrogens with zero attached hydrogens (tertiary/aromatic N) is 2. The van der Waals surface area contributed by atoms with Crippen LogP contribution in [0.3, 0.4) is 0 Å². The molecule has 4 atom stereocenters. The van der Waals surface area contributed by atoms with Gasteiger partial charge in [-0.1, -0.05) is 23.8 Å². The molecule has 0 saturated carbocycles. The van der Waals surface area contributed by atoms with Crippen LogP contribution in [0.15, 0.2) is 18.2 Å². The van der Waals surface area contributed by atoms with Crippen LogP contribution in [0.4, 0.5) is 0 Å². The van der Waals surface area contributed by atoms with Crippen LogP contribution in [0.2, 0.25) is 0 Å². The molecule has 4 rings (SSSR count). The van der Waals surface area contributed by atoms with Crippen molar-refractivity contribution in [3.05, 3.63) is 34.9 Å². The second-order valence-corrected chi connectivity index (χ2v) is 9.25. The molecule has 0 unspecified atom stereocenters. The van der Waals surface area contributed by atoms with Crippen molar-refractivity contribution in [2.45, 2.75) is 65.1 Å². The summed E-state index contributed by atoms with van der Waals surface area (Å²) in [4.78, 5) is 37.4. The molecule has 7 heteroatoms. The lowest BCUT2D eigenvalue weighted by atomic mass is 9.72. The van der Waals surface area contributed by atoms with Gasteiger partial charge in [0, 0.05) is 45.6 Å². The van der Waals surface area contributed by atoms with Crippen LogP contribution < -0.4 is 5.32 Å². The average Bonchev–Trinajstić information content (AvgIpc) is 2.71. The first-order valence-corrected chi connectivity index (χ1v) is 11.3. The smallest absolute Gasteiger partial charge is 0.290 e. The molecule has 3 fully saturated rings. The molecule has 0 spiro atoms. The number of rotatable bonds is 4. The van der Waals surface area contributed by atoms with E-state index < -0.39 is 0 Å². The molecule has 170 valence electrons. The summed E-state index contributed by atoms with van der Waals surface area (Å²) in [5.41, 5.74) is 4.07. The van der Waals surface area contributed by atoms with E-state index in [1.165, 1.54) is 23.1 Å². The van der Waals surface area contributed by atoms with E-state index in [1.54, 1.807) is 6.92 Å². The summed E-state index contributed by atoms with van der Waals surface area (Å²) in [5.74, 6) is 1.28. The normalized spacial score (nSPS) is 27.6. The summed E-state index contributed by atoms with van der Waals surface area (Å²) < 4.78 is 0. The number of carbonyl (C=O) groups excluding carboxylic acids is 2. The van der Waals surface area contributed by atoms with Gasteiger partial charge in [-0.2, -0.15) is 0 Å². The van der Waals surface area contributed by atoms with Gasteiger partial charge >= 0.3 is 0 Å². The number of benzene rings is 1. The first-order chi connectivity index (χ1) is 14.8. The molecule has 3 aliphatic rings. The van der Waals surface area contributed by atoms with Gasteiger partial charge < -0.3 is 15.3 Å². The van der Waals surface area contributed by atoms with Gasteiger partial charge in [0.25, 0.3) is 6.47 Å². The highest BCUT2D eigenvalue weighted by Crippen LogP contribution is 2.41. The van der Waals surface area contributed by atoms with Crippen molar-refractivity contribution >= 4 is 18.3 Å². The molecular formula is C24H35N3O4. The molecule has 2 bridgehead atoms. The van der Waals surface area contributed by atoms with Crippen LogP contribution >= 0.6 is 0 Å². The van der Waals surface area contributed by atoms with Crippen LogP contribution in [0.1, 0.15) is 49.3 Å². The molecule has 3 heterocycles. The Morgan fingerprint density at radius 1 is 1.26 bits per heavy atom. The summed E-state index contributed by atoms with van der Waals surface area (Å²) in [7, 11) is 0. The lowest BCUT2D eigenvalue weighted by Crippen LogP contribution is -2.66. The summed E-state index contributed by atoms with van der Waals surface area (Å²) in [6.45, 7) is 9.31. The summed E-state index contributed by atoms with van der Waals surface area (Å²) >= 11 is 0. The Kier molecular flexibility index (Phi) is 7.70. The highest BCUT2D eigenvalue weighted by molar-refractivity contribution is 5.78. The molecule has 0 radical (unpaired) electrons. The average molecular weight is 430 g/mol. The topological polar surface area (TPSA) is 90.0 Å². The Balaban J connectivity index is 0.000000858. The standard InChI is InChI=1S/C23H33N3O2.CH2O2/c1-15-7-8-18(16(2)9-15)12-25-13-19-10-20(14-25)22(11-24-17(3)27)26-21(19)5-4-6-23(26)28;2-1-3/h7-9,19-22H,4-6,10-14H2,1-3H3,(H,24,27);1H,(H,2,3)/t19-,20+,21+,22+;/m1./s1. The second kappa shape index (κ2) is 10.3. The molecule has 2 N–H and O–H groups in total. The monoisotopic (exact) mass is 429 g/mol. The Morgan fingerprint density at radius 3 is 2.65 bits per heavy atom. The van der Waals surface area contributed by atoms with Crippen molar-refractivity contribution in [1.82, 2.24) is 15.1 Å². The van der Waals surface area contributed by atoms with Crippen molar-refractivity contribution < 1.29 is 19.5 Å². The zero-order chi connectivity index (χ0) is 22.5. The number of nitrogens with one attached hydrogen (secondary N) is 1. The summed E-state index contributed by atoms with van der Waals surface area (Å²) in [6.07, 6.45) is 3.96. The number of amides is 2. The van der Waals surface area contributed by atoms with Gasteiger partial charge in [0.05, 0.1) is 6.04 Å². The maximum absolute atomic E-state index is 12.8. The van der Waals surface area contributed by atoms with Crippen LogP contribution in [0, 0.1) is 25.7 Å². The molecule has 1 aromatic carbocycles. The number of likely N-dealkylation sites (tertiary alicyclic amines) is 1. The molecule has 1 aromatic rings. The van der Waals surface area contributed by atoms with E-state index in [1.807, 2.05) is 0 Å². The predicted octanol–water partition coefficient (Wildman–Crippen LogP) is 2.34. The van der Waals surface area contributed by atoms with E-state index in [-0.39, 0.29) is 18.4 Å². The fourth-order valence-corrected chi connectivity index (χ4v) is 5.78. The number of fused-ring (bicyclic) bond motifs is 4. The van der Waals surface area contributed by atoms with E-state index in [2.05, 4.69) is 47.2 Å². The van der Waals surface area contributed by atoms with E-state index in [0.29, 0.717) is 36.8 Å². The fraction of sp³-hybridized carbons (Fsp3) is 0.625. The second-order valence-electron chi connectivity index (χ2n) is 9.25. The third-order valence-corrected chi connectivity index (χ3v) is 7.02. The van der Waals surface area contributed by atoms with Gasteiger partial charge in [0.1, 0.15) is 0 Å². The summed E-state index contributed by atoms with van der Waals surface area (Å²) in [6, 6.07) is 7.22. The zero-order valence-corrected chi connectivity index (χ0v) is 18.8. The van der Waals surface area contributed by atoms with Crippen molar-refractivity contribution in [3.8, 4) is 0 Å². The van der Waals surface area contributed by atoms with Gasteiger partial charge in [-0.25, -0.2) is 0 Å². The number of hydrogen-bond acceptors (Lipinski definition) is 4. The Labute approximate surface area is 184 Å². The summed E-state index contributed by atoms with van der Waals surface area (Å²) in [5, 5.41) is 9.89. The molecule has 0 aliphatic carbocycles. The molecule has 31 heavy (non-hydrogen) atoms. The minimum absolute atomic E-state index is 0.00826. The van der Waals surface area contributed by atoms with Gasteiger partial charge in [-0.3, -0.25) is 19.3 Å². The Hall–Kier alpha value is -2.41. The number of carbonyl (C=O) groups is 3. The molecule has 3 saturated heterocycles. The number of piperidine rings is 3. The number of carboxylic acid groups (broad SMARTS) is 1. The molecular weight excluding hydrogens is 394 g/mol. The van der Waals surface area contributed by atoms with Crippen LogP contribution in [0.5, 0.6) is 0 Å². The van der Waals surface area contributed by atoms with Crippen molar-refractivity contribution in [3.63, 3.8) is 0 Å². The quantitative estimate of drug-likeness (QED) is 0.717. The molecule has 3 aliphatic heterocycles. The predicted molar refractivity (Wildman–Crippen MR) is 118 cm³/mol. The van der Waals surface area contributed by atoms with E-state index >= 15 is 0 Å². The molecule has 2 amide bonds. The highest BCUT2D eigenvalue weighted by atomic mass is 16.3. The Morgan fingerprint density at radius 2 is 1.97 bits per heavy atom. The minimum atomic E-state index is -0.250. The van der Waals surface area contributed by atoms with Gasteiger partial charge in [-0.05, 0) is 56.1 Å². The third-order valence-electron chi connectivity index (χ3n) is 7.02. The van der Waals surface area contributed by atoms with E-state index in [9.17, 15) is 9.59 Å². The largest absolute Gasteiger partial charge is 0.483 e. The third kappa shape index (κ3) is 5.45. The van der Waals surface area contributed by atoms with E-state index in [4.69, 9.17) is 9.90 Å².